The second-order valence-corrected chi connectivity index (χ2v) is 8.03. The normalized spacial score (nSPS) is 14.9. The molecule has 5 nitrogen and oxygen atoms in total. The molecule has 0 spiro atoms. The largest absolute Gasteiger partial charge is 0.462 e. The van der Waals surface area contributed by atoms with E-state index in [1.807, 2.05) is 91.0 Å². The molecule has 0 saturated carbocycles. The maximum Gasteiger partial charge on any atom is 0.339 e. The molecule has 0 aliphatic carbocycles. The topological polar surface area (TPSA) is 61.8 Å². The van der Waals surface area contributed by atoms with Crippen LogP contribution in [0.3, 0.4) is 0 Å². The highest BCUT2D eigenvalue weighted by atomic mass is 16.5. The van der Waals surface area contributed by atoms with Gasteiger partial charge in [-0.25, -0.2) is 9.59 Å². The number of hydrogen-bond donors (Lipinski definition) is 0. The van der Waals surface area contributed by atoms with Crippen molar-refractivity contribution in [3.05, 3.63) is 125 Å². The van der Waals surface area contributed by atoms with E-state index in [1.165, 1.54) is 0 Å². The molecular weight excluding hydrogens is 452 g/mol. The smallest absolute Gasteiger partial charge is 0.339 e. The molecule has 0 aromatic heterocycles. The Morgan fingerprint density at radius 3 is 2.03 bits per heavy atom. The minimum absolute atomic E-state index is 0.0709. The third-order valence-corrected chi connectivity index (χ3v) is 5.56. The number of rotatable bonds is 6. The lowest BCUT2D eigenvalue weighted by Crippen LogP contribution is -2.28. The predicted molar refractivity (Wildman–Crippen MR) is 137 cm³/mol. The van der Waals surface area contributed by atoms with Crippen LogP contribution in [-0.4, -0.2) is 18.5 Å². The monoisotopic (exact) mass is 478 g/mol. The zero-order valence-electron chi connectivity index (χ0n) is 20.2. The molecule has 1 aliphatic heterocycles. The van der Waals surface area contributed by atoms with Crippen molar-refractivity contribution in [2.75, 3.05) is 6.61 Å². The van der Waals surface area contributed by atoms with E-state index in [1.54, 1.807) is 13.8 Å². The molecule has 1 heterocycles. The van der Waals surface area contributed by atoms with E-state index in [0.29, 0.717) is 17.1 Å². The fourth-order valence-corrected chi connectivity index (χ4v) is 3.85. The number of benzene rings is 3. The van der Waals surface area contributed by atoms with Crippen molar-refractivity contribution in [1.29, 1.82) is 0 Å². The van der Waals surface area contributed by atoms with Gasteiger partial charge in [0.25, 0.3) is 0 Å². The maximum absolute atomic E-state index is 13.6. The molecule has 0 amide bonds. The summed E-state index contributed by atoms with van der Waals surface area (Å²) >= 11 is 0. The summed E-state index contributed by atoms with van der Waals surface area (Å²) in [6, 6.07) is 28.0. The van der Waals surface area contributed by atoms with Crippen molar-refractivity contribution < 1.29 is 23.8 Å². The Bertz CT molecular complexity index is 1340. The van der Waals surface area contributed by atoms with Crippen LogP contribution in [0, 0.1) is 17.8 Å². The SMILES string of the molecule is CCOC(=O)C1=C(C)OC(c2ccccc2)=C(C(=O)OCc2ccccc2)C1C#Cc1ccccc1. The van der Waals surface area contributed by atoms with Gasteiger partial charge in [0.15, 0.2) is 0 Å². The van der Waals surface area contributed by atoms with E-state index in [2.05, 4.69) is 11.8 Å². The van der Waals surface area contributed by atoms with Crippen LogP contribution < -0.4 is 0 Å². The van der Waals surface area contributed by atoms with Gasteiger partial charge in [-0.2, -0.15) is 0 Å². The van der Waals surface area contributed by atoms with Crippen LogP contribution >= 0.6 is 0 Å². The summed E-state index contributed by atoms with van der Waals surface area (Å²) in [5.74, 6) is 4.79. The molecule has 0 saturated heterocycles. The van der Waals surface area contributed by atoms with Gasteiger partial charge in [-0.3, -0.25) is 0 Å². The van der Waals surface area contributed by atoms with Crippen LogP contribution in [0.1, 0.15) is 30.5 Å². The van der Waals surface area contributed by atoms with E-state index in [-0.39, 0.29) is 24.4 Å². The molecule has 180 valence electrons. The number of esters is 2. The Hall–Kier alpha value is -4.56. The first-order chi connectivity index (χ1) is 17.6. The first kappa shape index (κ1) is 24.6. The predicted octanol–water partition coefficient (Wildman–Crippen LogP) is 5.68. The summed E-state index contributed by atoms with van der Waals surface area (Å²) in [6.07, 6.45) is 0. The van der Waals surface area contributed by atoms with Gasteiger partial charge in [-0.15, -0.1) is 0 Å². The number of allylic oxidation sites excluding steroid dienone is 1. The Kier molecular flexibility index (Phi) is 8.00. The first-order valence-electron chi connectivity index (χ1n) is 11.7. The number of ether oxygens (including phenoxy) is 3. The highest BCUT2D eigenvalue weighted by Gasteiger charge is 2.39. The van der Waals surface area contributed by atoms with Crippen molar-refractivity contribution in [1.82, 2.24) is 0 Å². The lowest BCUT2D eigenvalue weighted by atomic mass is 9.86. The summed E-state index contributed by atoms with van der Waals surface area (Å²) in [7, 11) is 0. The average molecular weight is 479 g/mol. The Balaban J connectivity index is 1.83. The third kappa shape index (κ3) is 5.73. The first-order valence-corrected chi connectivity index (χ1v) is 11.7. The van der Waals surface area contributed by atoms with Crippen LogP contribution in [0.5, 0.6) is 0 Å². The van der Waals surface area contributed by atoms with E-state index in [0.717, 1.165) is 11.1 Å². The van der Waals surface area contributed by atoms with Gasteiger partial charge in [0, 0.05) is 11.1 Å². The highest BCUT2D eigenvalue weighted by Crippen LogP contribution is 2.39. The minimum Gasteiger partial charge on any atom is -0.462 e. The molecule has 36 heavy (non-hydrogen) atoms. The quantitative estimate of drug-likeness (QED) is 0.337. The van der Waals surface area contributed by atoms with Crippen molar-refractivity contribution in [2.24, 2.45) is 5.92 Å². The summed E-state index contributed by atoms with van der Waals surface area (Å²) in [6.45, 7) is 3.65. The molecule has 5 heteroatoms. The lowest BCUT2D eigenvalue weighted by Gasteiger charge is -2.27. The number of carbonyl (C=O) groups excluding carboxylic acids is 2. The number of carbonyl (C=O) groups is 2. The Morgan fingerprint density at radius 1 is 0.806 bits per heavy atom. The summed E-state index contributed by atoms with van der Waals surface area (Å²) < 4.78 is 17.1. The van der Waals surface area contributed by atoms with Crippen LogP contribution in [0.25, 0.3) is 5.76 Å². The van der Waals surface area contributed by atoms with Gasteiger partial charge in [0.05, 0.1) is 18.1 Å². The molecule has 1 unspecified atom stereocenters. The van der Waals surface area contributed by atoms with Gasteiger partial charge >= 0.3 is 11.9 Å². The van der Waals surface area contributed by atoms with E-state index in [9.17, 15) is 9.59 Å². The standard InChI is InChI=1S/C31H26O5/c1-3-34-30(32)27-22(2)36-29(25-17-11-6-12-18-25)28(26(27)20-19-23-13-7-4-8-14-23)31(33)35-21-24-15-9-5-10-16-24/h4-18,26H,3,21H2,1-2H3. The Labute approximate surface area is 211 Å². The maximum atomic E-state index is 13.6. The van der Waals surface area contributed by atoms with Crippen molar-refractivity contribution >= 4 is 17.7 Å². The second-order valence-electron chi connectivity index (χ2n) is 8.03. The molecule has 0 fully saturated rings. The van der Waals surface area contributed by atoms with Crippen LogP contribution in [-0.2, 0) is 30.4 Å². The average Bonchev–Trinajstić information content (AvgIpc) is 2.92. The number of hydrogen-bond acceptors (Lipinski definition) is 5. The second kappa shape index (κ2) is 11.7. The van der Waals surface area contributed by atoms with E-state index in [4.69, 9.17) is 14.2 Å². The van der Waals surface area contributed by atoms with Gasteiger partial charge in [0.1, 0.15) is 23.7 Å². The van der Waals surface area contributed by atoms with E-state index < -0.39 is 17.9 Å². The zero-order valence-corrected chi connectivity index (χ0v) is 20.2. The van der Waals surface area contributed by atoms with Gasteiger partial charge in [-0.05, 0) is 31.5 Å². The van der Waals surface area contributed by atoms with E-state index >= 15 is 0 Å². The van der Waals surface area contributed by atoms with Crippen LogP contribution in [0.4, 0.5) is 0 Å². The lowest BCUT2D eigenvalue weighted by molar-refractivity contribution is -0.141. The Morgan fingerprint density at radius 2 is 1.39 bits per heavy atom. The summed E-state index contributed by atoms with van der Waals surface area (Å²) in [5, 5.41) is 0. The van der Waals surface area contributed by atoms with Crippen LogP contribution in [0.15, 0.2) is 108 Å². The van der Waals surface area contributed by atoms with Crippen molar-refractivity contribution in [2.45, 2.75) is 20.5 Å². The summed E-state index contributed by atoms with van der Waals surface area (Å²) in [4.78, 5) is 26.6. The molecule has 4 rings (SSSR count). The molecule has 1 aliphatic rings. The highest BCUT2D eigenvalue weighted by molar-refractivity contribution is 6.03. The summed E-state index contributed by atoms with van der Waals surface area (Å²) in [5.41, 5.74) is 2.62. The van der Waals surface area contributed by atoms with Gasteiger partial charge in [0.2, 0.25) is 0 Å². The van der Waals surface area contributed by atoms with Gasteiger partial charge < -0.3 is 14.2 Å². The fourth-order valence-electron chi connectivity index (χ4n) is 3.85. The molecule has 0 radical (unpaired) electrons. The fraction of sp³-hybridized carbons (Fsp3) is 0.161. The molecular formula is C31H26O5. The van der Waals surface area contributed by atoms with Gasteiger partial charge in [-0.1, -0.05) is 90.7 Å². The molecule has 0 N–H and O–H groups in total. The molecule has 3 aromatic rings. The molecule has 0 bridgehead atoms. The van der Waals surface area contributed by atoms with Crippen molar-refractivity contribution in [3.63, 3.8) is 0 Å². The van der Waals surface area contributed by atoms with Crippen molar-refractivity contribution in [3.8, 4) is 11.8 Å². The van der Waals surface area contributed by atoms with Crippen LogP contribution in [0.2, 0.25) is 0 Å². The third-order valence-electron chi connectivity index (χ3n) is 5.56. The zero-order chi connectivity index (χ0) is 25.3. The molecule has 1 atom stereocenters. The minimum atomic E-state index is -0.906. The molecule has 3 aromatic carbocycles.